The molecule has 2 aliphatic carbocycles. The quantitative estimate of drug-likeness (QED) is 0.304. The van der Waals surface area contributed by atoms with Crippen molar-refractivity contribution in [1.82, 2.24) is 19.8 Å². The first-order valence-electron chi connectivity index (χ1n) is 15.5. The molecule has 1 aliphatic heterocycles. The number of hydrogen-bond donors (Lipinski definition) is 2. The van der Waals surface area contributed by atoms with Gasteiger partial charge in [-0.1, -0.05) is 6.07 Å². The van der Waals surface area contributed by atoms with Crippen LogP contribution in [0.1, 0.15) is 95.1 Å². The largest absolute Gasteiger partial charge is 0.380 e. The molecule has 240 valence electrons. The fraction of sp³-hybridized carbons (Fsp3) is 0.441. The molecule has 1 saturated heterocycles. The summed E-state index contributed by atoms with van der Waals surface area (Å²) in [7, 11) is 1.64. The van der Waals surface area contributed by atoms with E-state index in [1.807, 2.05) is 32.2 Å². The van der Waals surface area contributed by atoms with Crippen LogP contribution in [0.15, 0.2) is 47.4 Å². The summed E-state index contributed by atoms with van der Waals surface area (Å²) in [6.07, 6.45) is 5.34. The zero-order valence-corrected chi connectivity index (χ0v) is 26.0. The van der Waals surface area contributed by atoms with Crippen molar-refractivity contribution in [3.05, 3.63) is 80.9 Å². The molecule has 0 radical (unpaired) electrons. The number of likely N-dealkylation sites (tertiary alicyclic amines) is 1. The van der Waals surface area contributed by atoms with E-state index >= 15 is 0 Å². The number of methoxy groups -OCH3 is 1. The van der Waals surface area contributed by atoms with Crippen molar-refractivity contribution in [1.29, 1.82) is 5.26 Å². The SMILES string of the molecule is CO[C@@H](C)CNC(C)c1cc(C(=O)Nc2cc(-c3ccc(C#N)cc3C(=O)N3CC(F)(F)C3)cc(C3CC3)n2)c(=O)n(C2CC2)c1. The summed E-state index contributed by atoms with van der Waals surface area (Å²) in [5.74, 6) is -3.79. The van der Waals surface area contributed by atoms with Crippen LogP contribution in [-0.2, 0) is 4.74 Å². The average molecular weight is 631 g/mol. The van der Waals surface area contributed by atoms with Crippen LogP contribution in [0.5, 0.6) is 0 Å². The number of benzene rings is 1. The molecule has 1 aromatic carbocycles. The van der Waals surface area contributed by atoms with Crippen LogP contribution in [0.4, 0.5) is 14.6 Å². The van der Waals surface area contributed by atoms with Gasteiger partial charge in [0.1, 0.15) is 11.4 Å². The number of carbonyl (C=O) groups is 2. The minimum atomic E-state index is -2.94. The number of alkyl halides is 2. The normalized spacial score (nSPS) is 18.3. The highest BCUT2D eigenvalue weighted by atomic mass is 19.3. The lowest BCUT2D eigenvalue weighted by atomic mass is 9.95. The number of aromatic nitrogens is 2. The predicted octanol–water partition coefficient (Wildman–Crippen LogP) is 5.02. The first-order valence-corrected chi connectivity index (χ1v) is 15.5. The molecule has 3 aromatic rings. The molecule has 2 atom stereocenters. The van der Waals surface area contributed by atoms with Crippen molar-refractivity contribution in [3.63, 3.8) is 0 Å². The zero-order chi connectivity index (χ0) is 32.7. The van der Waals surface area contributed by atoms with Crippen molar-refractivity contribution in [2.45, 2.75) is 69.6 Å². The summed E-state index contributed by atoms with van der Waals surface area (Å²) in [6, 6.07) is 11.5. The second-order valence-corrected chi connectivity index (χ2v) is 12.6. The molecule has 6 rings (SSSR count). The fourth-order valence-electron chi connectivity index (χ4n) is 5.60. The Morgan fingerprint density at radius 2 is 1.85 bits per heavy atom. The van der Waals surface area contributed by atoms with Crippen molar-refractivity contribution in [2.75, 3.05) is 32.1 Å². The number of nitriles is 1. The molecule has 0 bridgehead atoms. The van der Waals surface area contributed by atoms with Gasteiger partial charge in [-0.2, -0.15) is 5.26 Å². The molecule has 3 aliphatic rings. The Morgan fingerprint density at radius 3 is 2.48 bits per heavy atom. The van der Waals surface area contributed by atoms with Crippen LogP contribution in [0.2, 0.25) is 0 Å². The smallest absolute Gasteiger partial charge is 0.282 e. The van der Waals surface area contributed by atoms with Gasteiger partial charge in [-0.05, 0) is 86.6 Å². The molecule has 46 heavy (non-hydrogen) atoms. The summed E-state index contributed by atoms with van der Waals surface area (Å²) >= 11 is 0. The zero-order valence-electron chi connectivity index (χ0n) is 26.0. The molecular weight excluding hydrogens is 594 g/mol. The number of carbonyl (C=O) groups excluding carboxylic acids is 2. The number of hydrogen-bond acceptors (Lipinski definition) is 7. The van der Waals surface area contributed by atoms with Gasteiger partial charge in [-0.25, -0.2) is 13.8 Å². The Balaban J connectivity index is 1.34. The van der Waals surface area contributed by atoms with E-state index in [1.165, 1.54) is 6.07 Å². The van der Waals surface area contributed by atoms with Crippen molar-refractivity contribution >= 4 is 17.6 Å². The van der Waals surface area contributed by atoms with Crippen LogP contribution >= 0.6 is 0 Å². The maximum absolute atomic E-state index is 13.7. The van der Waals surface area contributed by atoms with Gasteiger partial charge in [-0.3, -0.25) is 14.4 Å². The van der Waals surface area contributed by atoms with Crippen LogP contribution in [0.3, 0.4) is 0 Å². The lowest BCUT2D eigenvalue weighted by Crippen LogP contribution is -2.58. The predicted molar refractivity (Wildman–Crippen MR) is 167 cm³/mol. The van der Waals surface area contributed by atoms with E-state index in [-0.39, 0.29) is 52.2 Å². The molecule has 3 fully saturated rings. The lowest BCUT2D eigenvalue weighted by Gasteiger charge is -2.39. The van der Waals surface area contributed by atoms with Gasteiger partial charge in [0.05, 0.1) is 30.8 Å². The number of anilines is 1. The van der Waals surface area contributed by atoms with E-state index in [0.717, 1.165) is 36.1 Å². The molecule has 2 amide bonds. The molecule has 2 N–H and O–H groups in total. The van der Waals surface area contributed by atoms with E-state index < -0.39 is 30.8 Å². The monoisotopic (exact) mass is 630 g/mol. The van der Waals surface area contributed by atoms with Gasteiger partial charge in [0.2, 0.25) is 0 Å². The highest BCUT2D eigenvalue weighted by Gasteiger charge is 2.46. The standard InChI is InChI=1S/C34H36F2N6O4/c1-19(46-3)15-38-20(2)24-11-28(33(45)42(16-24)25-7-8-25)31(43)40-30-13-23(12-29(39-30)22-5-6-22)26-9-4-21(14-37)10-27(26)32(44)41-17-34(35,36)18-41/h4,9-13,16,19-20,22,25,38H,5-8,15,17-18H2,1-3H3,(H,39,40,43)/t19-,20?/m0/s1. The van der Waals surface area contributed by atoms with Gasteiger partial charge in [0.15, 0.2) is 0 Å². The van der Waals surface area contributed by atoms with Gasteiger partial charge >= 0.3 is 0 Å². The molecular formula is C34H36F2N6O4. The first kappa shape index (κ1) is 31.5. The van der Waals surface area contributed by atoms with E-state index in [1.54, 1.807) is 35.9 Å². The fourth-order valence-corrected chi connectivity index (χ4v) is 5.60. The Morgan fingerprint density at radius 1 is 1.11 bits per heavy atom. The van der Waals surface area contributed by atoms with E-state index in [0.29, 0.717) is 23.4 Å². The number of ether oxygens (including phenoxy) is 1. The van der Waals surface area contributed by atoms with Gasteiger partial charge in [0, 0.05) is 49.1 Å². The van der Waals surface area contributed by atoms with Gasteiger partial charge in [-0.15, -0.1) is 0 Å². The van der Waals surface area contributed by atoms with Gasteiger partial charge < -0.3 is 24.8 Å². The van der Waals surface area contributed by atoms with Crippen molar-refractivity contribution in [2.24, 2.45) is 0 Å². The number of pyridine rings is 2. The Labute approximate surface area is 265 Å². The molecule has 10 nitrogen and oxygen atoms in total. The third kappa shape index (κ3) is 6.71. The summed E-state index contributed by atoms with van der Waals surface area (Å²) in [4.78, 5) is 46.3. The minimum Gasteiger partial charge on any atom is -0.380 e. The molecule has 3 heterocycles. The lowest BCUT2D eigenvalue weighted by molar-refractivity contribution is -0.113. The van der Waals surface area contributed by atoms with E-state index in [9.17, 15) is 28.4 Å². The van der Waals surface area contributed by atoms with Crippen molar-refractivity contribution in [3.8, 4) is 17.2 Å². The summed E-state index contributed by atoms with van der Waals surface area (Å²) in [5.41, 5.74) is 2.42. The number of nitrogens with one attached hydrogen (secondary N) is 2. The summed E-state index contributed by atoms with van der Waals surface area (Å²) in [6.45, 7) is 3.11. The van der Waals surface area contributed by atoms with E-state index in [4.69, 9.17) is 4.74 Å². The molecule has 12 heteroatoms. The van der Waals surface area contributed by atoms with Crippen LogP contribution in [0, 0.1) is 11.3 Å². The second-order valence-electron chi connectivity index (χ2n) is 12.6. The highest BCUT2D eigenvalue weighted by Crippen LogP contribution is 2.42. The second kappa shape index (κ2) is 12.4. The Bertz CT molecular complexity index is 1790. The summed E-state index contributed by atoms with van der Waals surface area (Å²) in [5, 5.41) is 15.7. The molecule has 2 aromatic heterocycles. The maximum Gasteiger partial charge on any atom is 0.282 e. The van der Waals surface area contributed by atoms with Crippen LogP contribution < -0.4 is 16.2 Å². The summed E-state index contributed by atoms with van der Waals surface area (Å²) < 4.78 is 34.2. The third-order valence-corrected chi connectivity index (χ3v) is 8.77. The molecule has 0 spiro atoms. The highest BCUT2D eigenvalue weighted by molar-refractivity contribution is 6.05. The molecule has 1 unspecified atom stereocenters. The van der Waals surface area contributed by atoms with Crippen LogP contribution in [0.25, 0.3) is 11.1 Å². The first-order chi connectivity index (χ1) is 22.0. The van der Waals surface area contributed by atoms with Gasteiger partial charge in [0.25, 0.3) is 23.3 Å². The van der Waals surface area contributed by atoms with Crippen LogP contribution in [-0.4, -0.2) is 65.0 Å². The Kier molecular flexibility index (Phi) is 8.48. The number of amides is 2. The molecule has 2 saturated carbocycles. The topological polar surface area (TPSA) is 129 Å². The Hall–Kier alpha value is -4.47. The maximum atomic E-state index is 13.7. The van der Waals surface area contributed by atoms with Crippen molar-refractivity contribution < 1.29 is 23.1 Å². The average Bonchev–Trinajstić information content (AvgIpc) is 3.95. The number of rotatable bonds is 11. The van der Waals surface area contributed by atoms with E-state index in [2.05, 4.69) is 15.6 Å². The number of halogens is 2. The minimum absolute atomic E-state index is 0.00836. The third-order valence-electron chi connectivity index (χ3n) is 8.77. The number of nitrogens with zero attached hydrogens (tertiary/aromatic N) is 4.